The third kappa shape index (κ3) is 3.84. The number of rotatable bonds is 5. The van der Waals surface area contributed by atoms with Crippen molar-refractivity contribution in [2.45, 2.75) is 33.2 Å². The van der Waals surface area contributed by atoms with Crippen LogP contribution in [0.2, 0.25) is 5.02 Å². The van der Waals surface area contributed by atoms with Gasteiger partial charge in [-0.15, -0.1) is 0 Å². The first-order valence-electron chi connectivity index (χ1n) is 7.26. The van der Waals surface area contributed by atoms with Gasteiger partial charge in [0.05, 0.1) is 0 Å². The van der Waals surface area contributed by atoms with Gasteiger partial charge in [0.25, 0.3) is 0 Å². The molecule has 2 aromatic carbocycles. The zero-order valence-corrected chi connectivity index (χ0v) is 13.5. The summed E-state index contributed by atoms with van der Waals surface area (Å²) in [4.78, 5) is 0. The molecule has 3 heteroatoms. The molecule has 21 heavy (non-hydrogen) atoms. The minimum absolute atomic E-state index is 0.179. The quantitative estimate of drug-likeness (QED) is 0.820. The van der Waals surface area contributed by atoms with E-state index in [0.29, 0.717) is 5.02 Å². The topological polar surface area (TPSA) is 12.0 Å². The minimum Gasteiger partial charge on any atom is -0.310 e. The van der Waals surface area contributed by atoms with Gasteiger partial charge in [-0.05, 0) is 61.2 Å². The van der Waals surface area contributed by atoms with E-state index < -0.39 is 0 Å². The third-order valence-corrected chi connectivity index (χ3v) is 4.26. The predicted molar refractivity (Wildman–Crippen MR) is 87.4 cm³/mol. The summed E-state index contributed by atoms with van der Waals surface area (Å²) in [6.07, 6.45) is 0.747. The summed E-state index contributed by atoms with van der Waals surface area (Å²) in [5, 5.41) is 3.99. The Balaban J connectivity index is 2.33. The Morgan fingerprint density at radius 2 is 1.95 bits per heavy atom. The highest BCUT2D eigenvalue weighted by Gasteiger charge is 2.16. The van der Waals surface area contributed by atoms with Crippen LogP contribution in [0.4, 0.5) is 4.39 Å². The van der Waals surface area contributed by atoms with Crippen LogP contribution in [-0.4, -0.2) is 6.54 Å². The molecule has 0 heterocycles. The van der Waals surface area contributed by atoms with Crippen LogP contribution >= 0.6 is 11.6 Å². The van der Waals surface area contributed by atoms with Gasteiger partial charge >= 0.3 is 0 Å². The lowest BCUT2D eigenvalue weighted by molar-refractivity contribution is 0.546. The molecule has 0 aliphatic rings. The van der Waals surface area contributed by atoms with Gasteiger partial charge in [0.2, 0.25) is 0 Å². The Morgan fingerprint density at radius 1 is 1.19 bits per heavy atom. The van der Waals surface area contributed by atoms with E-state index in [1.54, 1.807) is 6.07 Å². The summed E-state index contributed by atoms with van der Waals surface area (Å²) in [6, 6.07) is 11.1. The molecule has 112 valence electrons. The van der Waals surface area contributed by atoms with E-state index >= 15 is 0 Å². The Hall–Kier alpha value is -1.38. The van der Waals surface area contributed by atoms with Crippen molar-refractivity contribution < 1.29 is 4.39 Å². The van der Waals surface area contributed by atoms with Crippen LogP contribution < -0.4 is 5.32 Å². The van der Waals surface area contributed by atoms with Gasteiger partial charge in [-0.2, -0.15) is 0 Å². The number of halogens is 2. The standard InChI is InChI=1S/C18H21ClFN/c1-4-21-18(16-7-5-6-12(2)13(16)3)10-14-8-9-15(20)11-17(14)19/h5-9,11,18,21H,4,10H2,1-3H3. The van der Waals surface area contributed by atoms with Crippen LogP contribution in [0.1, 0.15) is 35.2 Å². The molecule has 2 rings (SSSR count). The Labute approximate surface area is 131 Å². The van der Waals surface area contributed by atoms with Crippen molar-refractivity contribution in [3.8, 4) is 0 Å². The molecule has 2 aromatic rings. The molecule has 0 spiro atoms. The normalized spacial score (nSPS) is 12.4. The molecule has 0 bridgehead atoms. The van der Waals surface area contributed by atoms with Gasteiger partial charge in [-0.1, -0.05) is 42.8 Å². The summed E-state index contributed by atoms with van der Waals surface area (Å²) >= 11 is 6.16. The van der Waals surface area contributed by atoms with Gasteiger partial charge in [-0.25, -0.2) is 4.39 Å². The summed E-state index contributed by atoms with van der Waals surface area (Å²) < 4.78 is 13.2. The van der Waals surface area contributed by atoms with E-state index in [2.05, 4.69) is 44.3 Å². The van der Waals surface area contributed by atoms with Crippen molar-refractivity contribution in [3.05, 3.63) is 69.5 Å². The van der Waals surface area contributed by atoms with E-state index in [1.807, 2.05) is 0 Å². The molecule has 0 radical (unpaired) electrons. The predicted octanol–water partition coefficient (Wildman–Crippen LogP) is 4.99. The monoisotopic (exact) mass is 305 g/mol. The highest BCUT2D eigenvalue weighted by Crippen LogP contribution is 2.27. The molecule has 1 atom stereocenters. The lowest BCUT2D eigenvalue weighted by Crippen LogP contribution is -2.24. The van der Waals surface area contributed by atoms with Gasteiger partial charge in [0, 0.05) is 11.1 Å². The van der Waals surface area contributed by atoms with Crippen LogP contribution in [-0.2, 0) is 6.42 Å². The van der Waals surface area contributed by atoms with Crippen LogP contribution in [0.25, 0.3) is 0 Å². The number of likely N-dealkylation sites (N-methyl/N-ethyl adjacent to an activating group) is 1. The molecular formula is C18H21ClFN. The number of hydrogen-bond donors (Lipinski definition) is 1. The van der Waals surface area contributed by atoms with Crippen molar-refractivity contribution >= 4 is 11.6 Å². The largest absolute Gasteiger partial charge is 0.310 e. The first-order chi connectivity index (χ1) is 10.0. The van der Waals surface area contributed by atoms with E-state index in [0.717, 1.165) is 18.5 Å². The lowest BCUT2D eigenvalue weighted by atomic mass is 9.93. The van der Waals surface area contributed by atoms with E-state index in [1.165, 1.54) is 28.8 Å². The highest BCUT2D eigenvalue weighted by molar-refractivity contribution is 6.31. The molecule has 0 amide bonds. The fourth-order valence-electron chi connectivity index (χ4n) is 2.60. The fourth-order valence-corrected chi connectivity index (χ4v) is 2.84. The summed E-state index contributed by atoms with van der Waals surface area (Å²) in [7, 11) is 0. The number of hydrogen-bond acceptors (Lipinski definition) is 1. The molecule has 1 N–H and O–H groups in total. The van der Waals surface area contributed by atoms with E-state index in [4.69, 9.17) is 11.6 Å². The summed E-state index contributed by atoms with van der Waals surface area (Å²) in [6.45, 7) is 7.22. The van der Waals surface area contributed by atoms with Gasteiger partial charge in [0.15, 0.2) is 0 Å². The number of nitrogens with one attached hydrogen (secondary N) is 1. The van der Waals surface area contributed by atoms with Gasteiger partial charge in [0.1, 0.15) is 5.82 Å². The van der Waals surface area contributed by atoms with E-state index in [9.17, 15) is 4.39 Å². The molecule has 0 saturated carbocycles. The zero-order chi connectivity index (χ0) is 15.4. The Bertz CT molecular complexity index is 625. The average Bonchev–Trinajstić information content (AvgIpc) is 2.44. The van der Waals surface area contributed by atoms with Crippen LogP contribution in [0.15, 0.2) is 36.4 Å². The van der Waals surface area contributed by atoms with Crippen LogP contribution in [0, 0.1) is 19.7 Å². The second-order valence-electron chi connectivity index (χ2n) is 5.34. The molecule has 1 unspecified atom stereocenters. The van der Waals surface area contributed by atoms with Crippen molar-refractivity contribution in [1.82, 2.24) is 5.32 Å². The average molecular weight is 306 g/mol. The maximum absolute atomic E-state index is 13.2. The highest BCUT2D eigenvalue weighted by atomic mass is 35.5. The maximum Gasteiger partial charge on any atom is 0.124 e. The van der Waals surface area contributed by atoms with Crippen LogP contribution in [0.3, 0.4) is 0 Å². The van der Waals surface area contributed by atoms with Crippen molar-refractivity contribution in [1.29, 1.82) is 0 Å². The van der Waals surface area contributed by atoms with Crippen molar-refractivity contribution in [2.75, 3.05) is 6.54 Å². The summed E-state index contributed by atoms with van der Waals surface area (Å²) in [5.74, 6) is -0.296. The molecule has 0 aromatic heterocycles. The molecular weight excluding hydrogens is 285 g/mol. The first-order valence-corrected chi connectivity index (χ1v) is 7.64. The SMILES string of the molecule is CCNC(Cc1ccc(F)cc1Cl)c1cccc(C)c1C. The Kier molecular flexibility index (Phi) is 5.38. The number of aryl methyl sites for hydroxylation is 1. The molecule has 1 nitrogen and oxygen atoms in total. The molecule has 0 aliphatic carbocycles. The smallest absolute Gasteiger partial charge is 0.124 e. The summed E-state index contributed by atoms with van der Waals surface area (Å²) in [5.41, 5.74) is 4.81. The third-order valence-electron chi connectivity index (χ3n) is 3.91. The zero-order valence-electron chi connectivity index (χ0n) is 12.7. The second kappa shape index (κ2) is 7.06. The molecule has 0 aliphatic heterocycles. The van der Waals surface area contributed by atoms with Gasteiger partial charge in [-0.3, -0.25) is 0 Å². The lowest BCUT2D eigenvalue weighted by Gasteiger charge is -2.22. The maximum atomic E-state index is 13.2. The number of benzene rings is 2. The fraction of sp³-hybridized carbons (Fsp3) is 0.333. The van der Waals surface area contributed by atoms with Gasteiger partial charge < -0.3 is 5.32 Å². The van der Waals surface area contributed by atoms with Crippen LogP contribution in [0.5, 0.6) is 0 Å². The minimum atomic E-state index is -0.296. The second-order valence-corrected chi connectivity index (χ2v) is 5.75. The van der Waals surface area contributed by atoms with E-state index in [-0.39, 0.29) is 11.9 Å². The first kappa shape index (κ1) is 16.0. The Morgan fingerprint density at radius 3 is 2.62 bits per heavy atom. The molecule has 0 saturated heterocycles. The molecule has 0 fully saturated rings. The van der Waals surface area contributed by atoms with Crippen molar-refractivity contribution in [3.63, 3.8) is 0 Å². The van der Waals surface area contributed by atoms with Crippen molar-refractivity contribution in [2.24, 2.45) is 0 Å².